The molecule has 3 saturated carbocycles. The van der Waals surface area contributed by atoms with E-state index >= 15 is 0 Å². The fourth-order valence-electron chi connectivity index (χ4n) is 7.53. The maximum Gasteiger partial charge on any atom is 0.178 e. The molecule has 1 spiro atoms. The minimum Gasteiger partial charge on any atom is -0.393 e. The standard InChI is InChI=1S/C22H30O4/c1-13-10-14-11-15(23)4-6-20(14,2)19-17(24)12-21(3)16(18(13)19)5-7-22(21)25-8-9-26-22/h4,6,11,13,16-19,24H,5,7-10,12H2,1-3H3/t13-,16+,17+,18+,19+,20+,21+/m1/s1. The van der Waals surface area contributed by atoms with Gasteiger partial charge in [0, 0.05) is 23.2 Å². The first-order valence-electron chi connectivity index (χ1n) is 10.2. The summed E-state index contributed by atoms with van der Waals surface area (Å²) >= 11 is 0. The second-order valence-corrected chi connectivity index (χ2v) is 9.76. The summed E-state index contributed by atoms with van der Waals surface area (Å²) in [7, 11) is 0. The van der Waals surface area contributed by atoms with Crippen molar-refractivity contribution in [2.75, 3.05) is 13.2 Å². The molecular formula is C22H30O4. The molecule has 1 heterocycles. The first-order valence-corrected chi connectivity index (χ1v) is 10.2. The summed E-state index contributed by atoms with van der Waals surface area (Å²) in [4.78, 5) is 12.0. The molecule has 4 heteroatoms. The summed E-state index contributed by atoms with van der Waals surface area (Å²) < 4.78 is 12.4. The van der Waals surface area contributed by atoms with E-state index in [1.54, 1.807) is 6.08 Å². The van der Waals surface area contributed by atoms with Crippen LogP contribution in [0.2, 0.25) is 0 Å². The van der Waals surface area contributed by atoms with E-state index in [4.69, 9.17) is 9.47 Å². The quantitative estimate of drug-likeness (QED) is 0.722. The highest BCUT2D eigenvalue weighted by Crippen LogP contribution is 2.69. The lowest BCUT2D eigenvalue weighted by atomic mass is 9.45. The first kappa shape index (κ1) is 17.2. The number of aliphatic hydroxyl groups excluding tert-OH is 1. The van der Waals surface area contributed by atoms with Crippen LogP contribution in [0.15, 0.2) is 23.8 Å². The Kier molecular flexibility index (Phi) is 3.50. The molecule has 5 rings (SSSR count). The van der Waals surface area contributed by atoms with Gasteiger partial charge in [-0.05, 0) is 49.2 Å². The molecule has 7 atom stereocenters. The van der Waals surface area contributed by atoms with Crippen molar-refractivity contribution in [2.45, 2.75) is 58.3 Å². The van der Waals surface area contributed by atoms with Crippen LogP contribution >= 0.6 is 0 Å². The van der Waals surface area contributed by atoms with E-state index in [9.17, 15) is 9.90 Å². The van der Waals surface area contributed by atoms with Crippen LogP contribution in [0.4, 0.5) is 0 Å². The van der Waals surface area contributed by atoms with Crippen LogP contribution in [-0.2, 0) is 14.3 Å². The van der Waals surface area contributed by atoms with Gasteiger partial charge < -0.3 is 14.6 Å². The molecular weight excluding hydrogens is 328 g/mol. The van der Waals surface area contributed by atoms with Crippen LogP contribution in [0.25, 0.3) is 0 Å². The second-order valence-electron chi connectivity index (χ2n) is 9.76. The van der Waals surface area contributed by atoms with Gasteiger partial charge in [0.15, 0.2) is 11.6 Å². The third-order valence-corrected chi connectivity index (χ3v) is 8.65. The first-order chi connectivity index (χ1) is 12.3. The number of allylic oxidation sites excluding steroid dienone is 4. The molecule has 0 aromatic carbocycles. The van der Waals surface area contributed by atoms with Gasteiger partial charge in [0.2, 0.25) is 0 Å². The van der Waals surface area contributed by atoms with Gasteiger partial charge in [-0.2, -0.15) is 0 Å². The summed E-state index contributed by atoms with van der Waals surface area (Å²) in [6.45, 7) is 8.15. The number of ether oxygens (including phenoxy) is 2. The summed E-state index contributed by atoms with van der Waals surface area (Å²) in [5.74, 6) is 1.12. The number of carbonyl (C=O) groups excluding carboxylic acids is 1. The topological polar surface area (TPSA) is 55.8 Å². The van der Waals surface area contributed by atoms with Gasteiger partial charge in [-0.3, -0.25) is 4.79 Å². The molecule has 0 radical (unpaired) electrons. The average Bonchev–Trinajstić information content (AvgIpc) is 3.16. The molecule has 26 heavy (non-hydrogen) atoms. The minimum absolute atomic E-state index is 0.0887. The minimum atomic E-state index is -0.501. The van der Waals surface area contributed by atoms with Crippen LogP contribution in [0.3, 0.4) is 0 Å². The highest BCUT2D eigenvalue weighted by molar-refractivity contribution is 6.01. The van der Waals surface area contributed by atoms with Crippen molar-refractivity contribution in [3.63, 3.8) is 0 Å². The molecule has 0 unspecified atom stereocenters. The van der Waals surface area contributed by atoms with E-state index in [-0.39, 0.29) is 22.5 Å². The Balaban J connectivity index is 1.59. The predicted octanol–water partition coefficient (Wildman–Crippen LogP) is 3.25. The molecule has 5 aliphatic rings. The monoisotopic (exact) mass is 358 g/mol. The molecule has 4 aliphatic carbocycles. The van der Waals surface area contributed by atoms with Gasteiger partial charge in [0.1, 0.15) is 0 Å². The van der Waals surface area contributed by atoms with Crippen LogP contribution in [0.5, 0.6) is 0 Å². The van der Waals surface area contributed by atoms with Crippen molar-refractivity contribution < 1.29 is 19.4 Å². The maximum atomic E-state index is 12.0. The zero-order valence-corrected chi connectivity index (χ0v) is 16.0. The lowest BCUT2D eigenvalue weighted by molar-refractivity contribution is -0.258. The Bertz CT molecular complexity index is 703. The van der Waals surface area contributed by atoms with Crippen molar-refractivity contribution in [3.05, 3.63) is 23.8 Å². The molecule has 0 aromatic heterocycles. The number of ketones is 1. The zero-order valence-electron chi connectivity index (χ0n) is 16.0. The molecule has 1 saturated heterocycles. The van der Waals surface area contributed by atoms with Crippen LogP contribution in [-0.4, -0.2) is 36.0 Å². The Morgan fingerprint density at radius 1 is 1.23 bits per heavy atom. The third kappa shape index (κ3) is 1.93. The Morgan fingerprint density at radius 2 is 1.96 bits per heavy atom. The van der Waals surface area contributed by atoms with Gasteiger partial charge >= 0.3 is 0 Å². The lowest BCUT2D eigenvalue weighted by Crippen LogP contribution is -2.61. The second kappa shape index (κ2) is 5.30. The predicted molar refractivity (Wildman–Crippen MR) is 97.2 cm³/mol. The van der Waals surface area contributed by atoms with E-state index in [2.05, 4.69) is 26.8 Å². The third-order valence-electron chi connectivity index (χ3n) is 8.65. The fourth-order valence-corrected chi connectivity index (χ4v) is 7.53. The molecule has 0 aromatic rings. The van der Waals surface area contributed by atoms with E-state index in [0.29, 0.717) is 31.0 Å². The molecule has 0 amide bonds. The van der Waals surface area contributed by atoms with Crippen molar-refractivity contribution in [2.24, 2.45) is 34.5 Å². The largest absolute Gasteiger partial charge is 0.393 e. The molecule has 1 aliphatic heterocycles. The van der Waals surface area contributed by atoms with Gasteiger partial charge in [-0.1, -0.05) is 32.4 Å². The van der Waals surface area contributed by atoms with Gasteiger partial charge in [-0.25, -0.2) is 0 Å². The SMILES string of the molecule is C[C@@H]1CC2=CC(=O)C=C[C@]2(C)[C@@H]2[C@@H]1[C@@H]1CCC3(OCCO3)[C@@]1(C)C[C@@H]2O. The maximum absolute atomic E-state index is 12.0. The Labute approximate surface area is 155 Å². The van der Waals surface area contributed by atoms with Gasteiger partial charge in [-0.15, -0.1) is 0 Å². The van der Waals surface area contributed by atoms with Crippen LogP contribution in [0.1, 0.15) is 46.5 Å². The van der Waals surface area contributed by atoms with Crippen molar-refractivity contribution in [1.82, 2.24) is 0 Å². The molecule has 4 fully saturated rings. The number of carbonyl (C=O) groups is 1. The van der Waals surface area contributed by atoms with E-state index in [0.717, 1.165) is 25.7 Å². The number of fused-ring (bicyclic) bond motifs is 6. The number of aliphatic hydroxyl groups is 1. The van der Waals surface area contributed by atoms with E-state index < -0.39 is 11.9 Å². The fraction of sp³-hybridized carbons (Fsp3) is 0.773. The van der Waals surface area contributed by atoms with Gasteiger partial charge in [0.25, 0.3) is 0 Å². The number of hydrogen-bond acceptors (Lipinski definition) is 4. The summed E-state index contributed by atoms with van der Waals surface area (Å²) in [6, 6.07) is 0. The summed E-state index contributed by atoms with van der Waals surface area (Å²) in [5, 5.41) is 11.4. The van der Waals surface area contributed by atoms with Crippen molar-refractivity contribution in [3.8, 4) is 0 Å². The molecule has 1 N–H and O–H groups in total. The van der Waals surface area contributed by atoms with Crippen LogP contribution in [0, 0.1) is 34.5 Å². The highest BCUT2D eigenvalue weighted by Gasteiger charge is 2.69. The Hall–Kier alpha value is -0.970. The summed E-state index contributed by atoms with van der Waals surface area (Å²) in [5.41, 5.74) is 0.866. The van der Waals surface area contributed by atoms with Crippen LogP contribution < -0.4 is 0 Å². The number of rotatable bonds is 0. The van der Waals surface area contributed by atoms with E-state index in [1.165, 1.54) is 5.57 Å². The average molecular weight is 358 g/mol. The molecule has 0 bridgehead atoms. The van der Waals surface area contributed by atoms with Crippen molar-refractivity contribution in [1.29, 1.82) is 0 Å². The molecule has 4 nitrogen and oxygen atoms in total. The Morgan fingerprint density at radius 3 is 2.69 bits per heavy atom. The van der Waals surface area contributed by atoms with E-state index in [1.807, 2.05) is 6.08 Å². The smallest absolute Gasteiger partial charge is 0.178 e. The zero-order chi connectivity index (χ0) is 18.3. The lowest BCUT2D eigenvalue weighted by Gasteiger charge is -2.61. The summed E-state index contributed by atoms with van der Waals surface area (Å²) in [6.07, 6.45) is 8.91. The highest BCUT2D eigenvalue weighted by atomic mass is 16.7. The number of hydrogen-bond donors (Lipinski definition) is 1. The molecule has 142 valence electrons. The normalized spacial score (nSPS) is 51.8. The van der Waals surface area contributed by atoms with Gasteiger partial charge in [0.05, 0.1) is 19.3 Å². The van der Waals surface area contributed by atoms with Crippen molar-refractivity contribution >= 4 is 5.78 Å².